The van der Waals surface area contributed by atoms with E-state index < -0.39 is 0 Å². The minimum absolute atomic E-state index is 0.0949. The average Bonchev–Trinajstić information content (AvgIpc) is 3.21. The molecule has 2 aromatic rings. The minimum Gasteiger partial charge on any atom is -0.489 e. The van der Waals surface area contributed by atoms with E-state index in [4.69, 9.17) is 14.5 Å². The van der Waals surface area contributed by atoms with Gasteiger partial charge in [0, 0.05) is 32.7 Å². The molecule has 2 unspecified atom stereocenters. The predicted octanol–water partition coefficient (Wildman–Crippen LogP) is 3.88. The molecule has 0 bridgehead atoms. The molecule has 1 saturated heterocycles. The fourth-order valence-corrected chi connectivity index (χ4v) is 3.47. The maximum Gasteiger partial charge on any atom is 0.193 e. The van der Waals surface area contributed by atoms with E-state index in [2.05, 4.69) is 17.4 Å². The summed E-state index contributed by atoms with van der Waals surface area (Å²) in [6.07, 6.45) is 1.10. The van der Waals surface area contributed by atoms with Crippen LogP contribution >= 0.6 is 0 Å². The Labute approximate surface area is 172 Å². The second kappa shape index (κ2) is 10.8. The second-order valence-corrected chi connectivity index (χ2v) is 7.15. The molecular weight excluding hydrogens is 369 g/mol. The molecule has 0 spiro atoms. The first-order chi connectivity index (χ1) is 14.2. The number of hydrogen-bond donors (Lipinski definition) is 1. The normalized spacial score (nSPS) is 19.2. The fourth-order valence-electron chi connectivity index (χ4n) is 3.47. The van der Waals surface area contributed by atoms with Crippen LogP contribution in [0.25, 0.3) is 0 Å². The monoisotopic (exact) mass is 399 g/mol. The summed E-state index contributed by atoms with van der Waals surface area (Å²) in [6, 6.07) is 16.8. The number of nitrogens with one attached hydrogen (secondary N) is 1. The molecule has 0 radical (unpaired) electrons. The number of aliphatic imine (C=N–C) groups is 1. The Morgan fingerprint density at radius 3 is 2.72 bits per heavy atom. The van der Waals surface area contributed by atoms with Gasteiger partial charge in [0.2, 0.25) is 0 Å². The van der Waals surface area contributed by atoms with Gasteiger partial charge in [0.15, 0.2) is 17.5 Å². The van der Waals surface area contributed by atoms with E-state index in [1.807, 2.05) is 37.1 Å². The molecule has 5 nitrogen and oxygen atoms in total. The lowest BCUT2D eigenvalue weighted by atomic mass is 9.95. The van der Waals surface area contributed by atoms with Crippen molar-refractivity contribution in [3.63, 3.8) is 0 Å². The lowest BCUT2D eigenvalue weighted by Crippen LogP contribution is -2.41. The Kier molecular flexibility index (Phi) is 7.87. The predicted molar refractivity (Wildman–Crippen MR) is 114 cm³/mol. The molecule has 1 heterocycles. The van der Waals surface area contributed by atoms with Crippen molar-refractivity contribution in [2.24, 2.45) is 10.9 Å². The van der Waals surface area contributed by atoms with E-state index in [0.717, 1.165) is 25.5 Å². The van der Waals surface area contributed by atoms with Crippen LogP contribution in [-0.2, 0) is 4.74 Å². The molecule has 0 saturated carbocycles. The standard InChI is InChI=1S/C23H30FN3O2/c1-3-25-23(27(2)14-16-28-21-12-8-7-11-20(21)24)26-17-19-13-15-29-22(19)18-9-5-4-6-10-18/h4-12,19,22H,3,13-17H2,1-2H3,(H,25,26). The van der Waals surface area contributed by atoms with Crippen molar-refractivity contribution in [3.05, 3.63) is 66.0 Å². The molecular formula is C23H30FN3O2. The lowest BCUT2D eigenvalue weighted by Gasteiger charge is -2.23. The van der Waals surface area contributed by atoms with Crippen molar-refractivity contribution >= 4 is 5.96 Å². The van der Waals surface area contributed by atoms with Gasteiger partial charge in [-0.2, -0.15) is 0 Å². The van der Waals surface area contributed by atoms with Crippen LogP contribution in [0.15, 0.2) is 59.6 Å². The zero-order valence-electron chi connectivity index (χ0n) is 17.2. The Morgan fingerprint density at radius 1 is 1.21 bits per heavy atom. The van der Waals surface area contributed by atoms with Crippen LogP contribution in [-0.4, -0.2) is 50.8 Å². The number of likely N-dealkylation sites (N-methyl/N-ethyl adjacent to an activating group) is 1. The van der Waals surface area contributed by atoms with Crippen molar-refractivity contribution in [3.8, 4) is 5.75 Å². The summed E-state index contributed by atoms with van der Waals surface area (Å²) in [5.74, 6) is 1.11. The number of hydrogen-bond acceptors (Lipinski definition) is 3. The summed E-state index contributed by atoms with van der Waals surface area (Å²) in [5.41, 5.74) is 1.21. The third kappa shape index (κ3) is 5.94. The summed E-state index contributed by atoms with van der Waals surface area (Å²) < 4.78 is 25.2. The molecule has 0 amide bonds. The highest BCUT2D eigenvalue weighted by Crippen LogP contribution is 2.34. The highest BCUT2D eigenvalue weighted by Gasteiger charge is 2.29. The van der Waals surface area contributed by atoms with Crippen LogP contribution in [0.3, 0.4) is 0 Å². The third-order valence-corrected chi connectivity index (χ3v) is 5.04. The van der Waals surface area contributed by atoms with Gasteiger partial charge in [-0.3, -0.25) is 4.99 Å². The van der Waals surface area contributed by atoms with Gasteiger partial charge >= 0.3 is 0 Å². The number of ether oxygens (including phenoxy) is 2. The molecule has 1 fully saturated rings. The van der Waals surface area contributed by atoms with Crippen LogP contribution in [0.1, 0.15) is 25.0 Å². The van der Waals surface area contributed by atoms with E-state index in [0.29, 0.717) is 25.6 Å². The molecule has 6 heteroatoms. The van der Waals surface area contributed by atoms with E-state index in [1.165, 1.54) is 11.6 Å². The van der Waals surface area contributed by atoms with E-state index in [9.17, 15) is 4.39 Å². The van der Waals surface area contributed by atoms with Gasteiger partial charge in [-0.15, -0.1) is 0 Å². The smallest absolute Gasteiger partial charge is 0.193 e. The van der Waals surface area contributed by atoms with Gasteiger partial charge in [0.1, 0.15) is 6.61 Å². The van der Waals surface area contributed by atoms with Crippen LogP contribution in [0, 0.1) is 11.7 Å². The van der Waals surface area contributed by atoms with Gasteiger partial charge in [-0.1, -0.05) is 42.5 Å². The van der Waals surface area contributed by atoms with Gasteiger partial charge in [0.05, 0.1) is 12.6 Å². The summed E-state index contributed by atoms with van der Waals surface area (Å²) in [4.78, 5) is 6.85. The summed E-state index contributed by atoms with van der Waals surface area (Å²) in [7, 11) is 1.96. The van der Waals surface area contributed by atoms with Gasteiger partial charge in [0.25, 0.3) is 0 Å². The highest BCUT2D eigenvalue weighted by atomic mass is 19.1. The largest absolute Gasteiger partial charge is 0.489 e. The van der Waals surface area contributed by atoms with Crippen molar-refractivity contribution in [1.82, 2.24) is 10.2 Å². The zero-order chi connectivity index (χ0) is 20.5. The molecule has 29 heavy (non-hydrogen) atoms. The first kappa shape index (κ1) is 21.1. The molecule has 2 aromatic carbocycles. The number of para-hydroxylation sites is 1. The summed E-state index contributed by atoms with van der Waals surface area (Å²) in [5, 5.41) is 3.33. The quantitative estimate of drug-likeness (QED) is 0.541. The Hall–Kier alpha value is -2.60. The second-order valence-electron chi connectivity index (χ2n) is 7.15. The van der Waals surface area contributed by atoms with Crippen LogP contribution < -0.4 is 10.1 Å². The third-order valence-electron chi connectivity index (χ3n) is 5.04. The lowest BCUT2D eigenvalue weighted by molar-refractivity contribution is 0.0925. The van der Waals surface area contributed by atoms with Crippen molar-refractivity contribution in [2.45, 2.75) is 19.4 Å². The van der Waals surface area contributed by atoms with Crippen molar-refractivity contribution in [2.75, 3.05) is 39.9 Å². The van der Waals surface area contributed by atoms with Gasteiger partial charge in [-0.05, 0) is 31.0 Å². The minimum atomic E-state index is -0.344. The number of nitrogens with zero attached hydrogens (tertiary/aromatic N) is 2. The maximum atomic E-state index is 13.7. The highest BCUT2D eigenvalue weighted by molar-refractivity contribution is 5.79. The Balaban J connectivity index is 1.56. The molecule has 1 aliphatic heterocycles. The maximum absolute atomic E-state index is 13.7. The first-order valence-corrected chi connectivity index (χ1v) is 10.2. The number of benzene rings is 2. The topological polar surface area (TPSA) is 46.1 Å². The Bertz CT molecular complexity index is 785. The molecule has 1 aliphatic rings. The number of guanidine groups is 1. The summed E-state index contributed by atoms with van der Waals surface area (Å²) in [6.45, 7) is 5.26. The average molecular weight is 400 g/mol. The van der Waals surface area contributed by atoms with E-state index in [-0.39, 0.29) is 17.7 Å². The van der Waals surface area contributed by atoms with Gasteiger partial charge in [-0.25, -0.2) is 4.39 Å². The fraction of sp³-hybridized carbons (Fsp3) is 0.435. The molecule has 0 aliphatic carbocycles. The molecule has 1 N–H and O–H groups in total. The van der Waals surface area contributed by atoms with Crippen molar-refractivity contribution < 1.29 is 13.9 Å². The number of halogens is 1. The van der Waals surface area contributed by atoms with Crippen LogP contribution in [0.4, 0.5) is 4.39 Å². The SMILES string of the molecule is CCNC(=NCC1CCOC1c1ccccc1)N(C)CCOc1ccccc1F. The number of rotatable bonds is 8. The Morgan fingerprint density at radius 2 is 1.97 bits per heavy atom. The van der Waals surface area contributed by atoms with Gasteiger partial charge < -0.3 is 19.7 Å². The molecule has 0 aromatic heterocycles. The van der Waals surface area contributed by atoms with Crippen LogP contribution in [0.5, 0.6) is 5.75 Å². The zero-order valence-corrected chi connectivity index (χ0v) is 17.2. The van der Waals surface area contributed by atoms with Crippen LogP contribution in [0.2, 0.25) is 0 Å². The molecule has 156 valence electrons. The molecule has 3 rings (SSSR count). The summed E-state index contributed by atoms with van der Waals surface area (Å²) >= 11 is 0. The van der Waals surface area contributed by atoms with E-state index in [1.54, 1.807) is 18.2 Å². The van der Waals surface area contributed by atoms with Crippen molar-refractivity contribution in [1.29, 1.82) is 0 Å². The van der Waals surface area contributed by atoms with E-state index >= 15 is 0 Å². The first-order valence-electron chi connectivity index (χ1n) is 10.2. The molecule has 2 atom stereocenters.